The lowest BCUT2D eigenvalue weighted by Gasteiger charge is -2.28. The van der Waals surface area contributed by atoms with Gasteiger partial charge in [-0.1, -0.05) is 12.0 Å². The molecule has 0 aromatic carbocycles. The molecule has 0 aliphatic carbocycles. The van der Waals surface area contributed by atoms with E-state index >= 15 is 0 Å². The molecule has 1 aliphatic rings. The standard InChI is InChI=1S/C10H16ClN3O/c1-7-4-3-5-14(6-7)10-13-12-9(15-10)8(2)11/h7-8H,3-6H2,1-2H3. The molecule has 0 saturated carbocycles. The first-order valence-electron chi connectivity index (χ1n) is 5.39. The van der Waals surface area contributed by atoms with Gasteiger partial charge in [0.2, 0.25) is 5.89 Å². The maximum absolute atomic E-state index is 5.87. The second-order valence-corrected chi connectivity index (χ2v) is 4.89. The van der Waals surface area contributed by atoms with Crippen LogP contribution in [0.2, 0.25) is 0 Å². The second kappa shape index (κ2) is 4.39. The lowest BCUT2D eigenvalue weighted by Crippen LogP contribution is -2.34. The SMILES string of the molecule is CC1CCCN(c2nnc(C(C)Cl)o2)C1. The molecule has 0 spiro atoms. The normalized spacial score (nSPS) is 24.2. The highest BCUT2D eigenvalue weighted by Gasteiger charge is 2.21. The van der Waals surface area contributed by atoms with Crippen molar-refractivity contribution in [2.75, 3.05) is 18.0 Å². The molecule has 0 radical (unpaired) electrons. The molecule has 5 heteroatoms. The van der Waals surface area contributed by atoms with Gasteiger partial charge in [-0.25, -0.2) is 0 Å². The molecule has 1 aromatic rings. The third-order valence-electron chi connectivity index (χ3n) is 2.70. The Kier molecular flexibility index (Phi) is 3.14. The van der Waals surface area contributed by atoms with Crippen molar-refractivity contribution in [3.8, 4) is 0 Å². The van der Waals surface area contributed by atoms with Crippen LogP contribution in [0.15, 0.2) is 4.42 Å². The predicted octanol–water partition coefficient (Wildman–Crippen LogP) is 2.61. The van der Waals surface area contributed by atoms with E-state index in [-0.39, 0.29) is 5.38 Å². The summed E-state index contributed by atoms with van der Waals surface area (Å²) >= 11 is 5.87. The Labute approximate surface area is 94.6 Å². The van der Waals surface area contributed by atoms with E-state index in [0.717, 1.165) is 13.1 Å². The van der Waals surface area contributed by atoms with Crippen molar-refractivity contribution in [1.82, 2.24) is 10.2 Å². The van der Waals surface area contributed by atoms with Crippen LogP contribution < -0.4 is 4.90 Å². The zero-order valence-electron chi connectivity index (χ0n) is 9.11. The number of piperidine rings is 1. The van der Waals surface area contributed by atoms with Crippen LogP contribution in [0, 0.1) is 5.92 Å². The molecular weight excluding hydrogens is 214 g/mol. The number of hydrogen-bond donors (Lipinski definition) is 0. The minimum absolute atomic E-state index is 0.214. The first kappa shape index (κ1) is 10.7. The van der Waals surface area contributed by atoms with Crippen LogP contribution in [0.25, 0.3) is 0 Å². The number of alkyl halides is 1. The van der Waals surface area contributed by atoms with Crippen molar-refractivity contribution >= 4 is 17.6 Å². The summed E-state index contributed by atoms with van der Waals surface area (Å²) in [6.45, 7) is 6.08. The Morgan fingerprint density at radius 3 is 2.93 bits per heavy atom. The Bertz CT molecular complexity index is 326. The molecule has 1 saturated heterocycles. The minimum atomic E-state index is -0.214. The number of halogens is 1. The third-order valence-corrected chi connectivity index (χ3v) is 2.88. The van der Waals surface area contributed by atoms with Crippen LogP contribution in [0.3, 0.4) is 0 Å². The van der Waals surface area contributed by atoms with Crippen molar-refractivity contribution in [3.63, 3.8) is 0 Å². The van der Waals surface area contributed by atoms with Gasteiger partial charge in [0.15, 0.2) is 0 Å². The summed E-state index contributed by atoms with van der Waals surface area (Å²) in [5, 5.41) is 7.73. The first-order chi connectivity index (χ1) is 7.16. The van der Waals surface area contributed by atoms with Gasteiger partial charge in [-0.05, 0) is 25.7 Å². The molecule has 2 heterocycles. The summed E-state index contributed by atoms with van der Waals surface area (Å²) < 4.78 is 5.50. The number of anilines is 1. The third kappa shape index (κ3) is 2.43. The van der Waals surface area contributed by atoms with Gasteiger partial charge in [-0.3, -0.25) is 0 Å². The average Bonchev–Trinajstić information content (AvgIpc) is 2.66. The number of hydrogen-bond acceptors (Lipinski definition) is 4. The molecule has 1 aromatic heterocycles. The van der Waals surface area contributed by atoms with Crippen LogP contribution in [0.4, 0.5) is 6.01 Å². The maximum atomic E-state index is 5.87. The zero-order valence-corrected chi connectivity index (χ0v) is 9.87. The Hall–Kier alpha value is -0.770. The highest BCUT2D eigenvalue weighted by Crippen LogP contribution is 2.25. The van der Waals surface area contributed by atoms with Crippen molar-refractivity contribution in [2.45, 2.75) is 32.1 Å². The van der Waals surface area contributed by atoms with Crippen LogP contribution in [0.5, 0.6) is 0 Å². The fourth-order valence-corrected chi connectivity index (χ4v) is 1.97. The first-order valence-corrected chi connectivity index (χ1v) is 5.83. The second-order valence-electron chi connectivity index (χ2n) is 4.23. The molecule has 2 atom stereocenters. The molecule has 15 heavy (non-hydrogen) atoms. The van der Waals surface area contributed by atoms with Gasteiger partial charge < -0.3 is 9.32 Å². The molecule has 4 nitrogen and oxygen atoms in total. The number of rotatable bonds is 2. The summed E-state index contributed by atoms with van der Waals surface area (Å²) in [7, 11) is 0. The molecular formula is C10H16ClN3O. The fourth-order valence-electron chi connectivity index (χ4n) is 1.88. The van der Waals surface area contributed by atoms with E-state index in [1.165, 1.54) is 12.8 Å². The van der Waals surface area contributed by atoms with Gasteiger partial charge in [0.25, 0.3) is 0 Å². The monoisotopic (exact) mass is 229 g/mol. The lowest BCUT2D eigenvalue weighted by molar-refractivity contribution is 0.407. The fraction of sp³-hybridized carbons (Fsp3) is 0.800. The van der Waals surface area contributed by atoms with Gasteiger partial charge in [-0.15, -0.1) is 16.7 Å². The highest BCUT2D eigenvalue weighted by molar-refractivity contribution is 6.20. The van der Waals surface area contributed by atoms with Crippen LogP contribution >= 0.6 is 11.6 Å². The smallest absolute Gasteiger partial charge is 0.318 e. The van der Waals surface area contributed by atoms with Crippen molar-refractivity contribution in [1.29, 1.82) is 0 Å². The number of aromatic nitrogens is 2. The quantitative estimate of drug-likeness (QED) is 0.732. The summed E-state index contributed by atoms with van der Waals surface area (Å²) in [4.78, 5) is 2.14. The van der Waals surface area contributed by atoms with E-state index in [1.54, 1.807) is 0 Å². The Morgan fingerprint density at radius 2 is 2.33 bits per heavy atom. The predicted molar refractivity (Wildman–Crippen MR) is 59.2 cm³/mol. The molecule has 84 valence electrons. The average molecular weight is 230 g/mol. The lowest BCUT2D eigenvalue weighted by atomic mass is 10.0. The largest absolute Gasteiger partial charge is 0.406 e. The molecule has 0 amide bonds. The van der Waals surface area contributed by atoms with Gasteiger partial charge in [-0.2, -0.15) is 0 Å². The van der Waals surface area contributed by atoms with Crippen molar-refractivity contribution in [3.05, 3.63) is 5.89 Å². The summed E-state index contributed by atoms with van der Waals surface area (Å²) in [5.41, 5.74) is 0. The molecule has 1 fully saturated rings. The molecule has 0 bridgehead atoms. The minimum Gasteiger partial charge on any atom is -0.406 e. The Balaban J connectivity index is 2.08. The van der Waals surface area contributed by atoms with Crippen molar-refractivity contribution < 1.29 is 4.42 Å². The van der Waals surface area contributed by atoms with Gasteiger partial charge in [0.1, 0.15) is 5.38 Å². The summed E-state index contributed by atoms with van der Waals surface area (Å²) in [6, 6.07) is 0.615. The van der Waals surface area contributed by atoms with Crippen LogP contribution in [0.1, 0.15) is 38.0 Å². The van der Waals surface area contributed by atoms with Gasteiger partial charge >= 0.3 is 6.01 Å². The molecule has 2 unspecified atom stereocenters. The van der Waals surface area contributed by atoms with E-state index in [2.05, 4.69) is 22.0 Å². The van der Waals surface area contributed by atoms with Crippen LogP contribution in [-0.2, 0) is 0 Å². The number of nitrogens with zero attached hydrogens (tertiary/aromatic N) is 3. The maximum Gasteiger partial charge on any atom is 0.318 e. The van der Waals surface area contributed by atoms with E-state index in [9.17, 15) is 0 Å². The highest BCUT2D eigenvalue weighted by atomic mass is 35.5. The van der Waals surface area contributed by atoms with Crippen molar-refractivity contribution in [2.24, 2.45) is 5.92 Å². The van der Waals surface area contributed by atoms with Gasteiger partial charge in [0, 0.05) is 13.1 Å². The summed E-state index contributed by atoms with van der Waals surface area (Å²) in [5.74, 6) is 1.20. The zero-order chi connectivity index (χ0) is 10.8. The van der Waals surface area contributed by atoms with Gasteiger partial charge in [0.05, 0.1) is 0 Å². The summed E-state index contributed by atoms with van der Waals surface area (Å²) in [6.07, 6.45) is 2.47. The topological polar surface area (TPSA) is 42.2 Å². The van der Waals surface area contributed by atoms with E-state index in [1.807, 2.05) is 6.92 Å². The van der Waals surface area contributed by atoms with E-state index < -0.39 is 0 Å². The van der Waals surface area contributed by atoms with E-state index in [0.29, 0.717) is 17.8 Å². The molecule has 1 aliphatic heterocycles. The van der Waals surface area contributed by atoms with Crippen LogP contribution in [-0.4, -0.2) is 23.3 Å². The Morgan fingerprint density at radius 1 is 1.53 bits per heavy atom. The van der Waals surface area contributed by atoms with E-state index in [4.69, 9.17) is 16.0 Å². The molecule has 2 rings (SSSR count). The molecule has 0 N–H and O–H groups in total.